The van der Waals surface area contributed by atoms with E-state index in [0.29, 0.717) is 30.2 Å². The Labute approximate surface area is 134 Å². The number of piperidine rings is 1. The maximum atomic E-state index is 12.6. The highest BCUT2D eigenvalue weighted by atomic mass is 35.5. The van der Waals surface area contributed by atoms with E-state index in [1.54, 1.807) is 6.92 Å². The Bertz CT molecular complexity index is 653. The van der Waals surface area contributed by atoms with E-state index >= 15 is 0 Å². The zero-order valence-corrected chi connectivity index (χ0v) is 13.7. The number of aliphatic carboxylic acids is 1. The standard InChI is InChI=1S/C14H18ClNO5S/c1-2-21-13-9-11(3-4-12(13)15)22(19,20)16-7-5-10(6-8-16)14(17)18/h3-4,9-10H,2,5-8H2,1H3,(H,17,18). The monoisotopic (exact) mass is 347 g/mol. The molecule has 0 aliphatic carbocycles. The molecule has 0 bridgehead atoms. The Hall–Kier alpha value is -1.31. The van der Waals surface area contributed by atoms with Gasteiger partial charge in [0.05, 0.1) is 22.4 Å². The van der Waals surface area contributed by atoms with E-state index in [2.05, 4.69) is 0 Å². The van der Waals surface area contributed by atoms with Crippen molar-refractivity contribution >= 4 is 27.6 Å². The third-order valence-electron chi connectivity index (χ3n) is 3.64. The fourth-order valence-corrected chi connectivity index (χ4v) is 4.06. The third-order valence-corrected chi connectivity index (χ3v) is 5.85. The Balaban J connectivity index is 2.21. The molecule has 122 valence electrons. The fourth-order valence-electron chi connectivity index (χ4n) is 2.40. The van der Waals surface area contributed by atoms with Crippen molar-refractivity contribution in [3.05, 3.63) is 23.2 Å². The first kappa shape index (κ1) is 17.1. The maximum absolute atomic E-state index is 12.6. The number of rotatable bonds is 5. The van der Waals surface area contributed by atoms with Crippen LogP contribution in [0.1, 0.15) is 19.8 Å². The summed E-state index contributed by atoms with van der Waals surface area (Å²) in [7, 11) is -3.67. The molecule has 2 rings (SSSR count). The molecule has 0 unspecified atom stereocenters. The molecule has 0 radical (unpaired) electrons. The summed E-state index contributed by atoms with van der Waals surface area (Å²) >= 11 is 5.97. The molecule has 22 heavy (non-hydrogen) atoms. The van der Waals surface area contributed by atoms with E-state index in [9.17, 15) is 13.2 Å². The first-order chi connectivity index (χ1) is 10.4. The van der Waals surface area contributed by atoms with Crippen molar-refractivity contribution < 1.29 is 23.1 Å². The third kappa shape index (κ3) is 3.53. The lowest BCUT2D eigenvalue weighted by molar-refractivity contribution is -0.142. The molecule has 0 spiro atoms. The number of carboxylic acids is 1. The normalized spacial score (nSPS) is 17.4. The molecule has 6 nitrogen and oxygen atoms in total. The molecule has 1 fully saturated rings. The van der Waals surface area contributed by atoms with Gasteiger partial charge in [-0.1, -0.05) is 11.6 Å². The quantitative estimate of drug-likeness (QED) is 0.882. The van der Waals surface area contributed by atoms with Crippen molar-refractivity contribution in [3.63, 3.8) is 0 Å². The SMILES string of the molecule is CCOc1cc(S(=O)(=O)N2CCC(C(=O)O)CC2)ccc1Cl. The highest BCUT2D eigenvalue weighted by Crippen LogP contribution is 2.30. The van der Waals surface area contributed by atoms with Crippen LogP contribution in [-0.4, -0.2) is 43.5 Å². The molecule has 1 aliphatic heterocycles. The summed E-state index contributed by atoms with van der Waals surface area (Å²) in [5.74, 6) is -1.02. The minimum atomic E-state index is -3.67. The number of carboxylic acid groups (broad SMARTS) is 1. The fraction of sp³-hybridized carbons (Fsp3) is 0.500. The van der Waals surface area contributed by atoms with E-state index in [0.717, 1.165) is 0 Å². The second-order valence-electron chi connectivity index (χ2n) is 5.04. The first-order valence-corrected chi connectivity index (χ1v) is 8.83. The Morgan fingerprint density at radius 1 is 1.41 bits per heavy atom. The minimum Gasteiger partial charge on any atom is -0.492 e. The predicted octanol–water partition coefficient (Wildman–Crippen LogP) is 2.22. The van der Waals surface area contributed by atoms with Gasteiger partial charge in [0.25, 0.3) is 0 Å². The number of ether oxygens (including phenoxy) is 1. The molecule has 8 heteroatoms. The summed E-state index contributed by atoms with van der Waals surface area (Å²) in [5, 5.41) is 9.32. The second kappa shape index (κ2) is 6.85. The van der Waals surface area contributed by atoms with Crippen LogP contribution in [0, 0.1) is 5.92 Å². The van der Waals surface area contributed by atoms with Crippen LogP contribution in [0.4, 0.5) is 0 Å². The van der Waals surface area contributed by atoms with Gasteiger partial charge in [0.1, 0.15) is 5.75 Å². The first-order valence-electron chi connectivity index (χ1n) is 7.01. The number of hydrogen-bond acceptors (Lipinski definition) is 4. The summed E-state index contributed by atoms with van der Waals surface area (Å²) < 4.78 is 31.8. The van der Waals surface area contributed by atoms with E-state index in [1.165, 1.54) is 22.5 Å². The number of sulfonamides is 1. The van der Waals surface area contributed by atoms with Gasteiger partial charge in [-0.05, 0) is 31.9 Å². The van der Waals surface area contributed by atoms with Crippen molar-refractivity contribution in [1.29, 1.82) is 0 Å². The van der Waals surface area contributed by atoms with Crippen LogP contribution in [0.2, 0.25) is 5.02 Å². The van der Waals surface area contributed by atoms with Crippen LogP contribution in [0.3, 0.4) is 0 Å². The Kier molecular flexibility index (Phi) is 5.31. The topological polar surface area (TPSA) is 83.9 Å². The number of benzene rings is 1. The van der Waals surface area contributed by atoms with Crippen LogP contribution < -0.4 is 4.74 Å². The molecule has 1 aliphatic rings. The lowest BCUT2D eigenvalue weighted by atomic mass is 9.99. The minimum absolute atomic E-state index is 0.106. The highest BCUT2D eigenvalue weighted by Gasteiger charge is 2.32. The van der Waals surface area contributed by atoms with Crippen LogP contribution in [0.15, 0.2) is 23.1 Å². The van der Waals surface area contributed by atoms with Gasteiger partial charge in [-0.2, -0.15) is 4.31 Å². The Morgan fingerprint density at radius 3 is 2.59 bits per heavy atom. The maximum Gasteiger partial charge on any atom is 0.306 e. The molecular formula is C14H18ClNO5S. The summed E-state index contributed by atoms with van der Waals surface area (Å²) in [4.78, 5) is 11.0. The van der Waals surface area contributed by atoms with Crippen LogP contribution in [0.5, 0.6) is 5.75 Å². The number of hydrogen-bond donors (Lipinski definition) is 1. The van der Waals surface area contributed by atoms with Crippen LogP contribution in [0.25, 0.3) is 0 Å². The molecule has 0 saturated carbocycles. The molecule has 1 heterocycles. The van der Waals surface area contributed by atoms with Crippen LogP contribution >= 0.6 is 11.6 Å². The molecule has 0 atom stereocenters. The van der Waals surface area contributed by atoms with Crippen molar-refractivity contribution in [1.82, 2.24) is 4.31 Å². The lowest BCUT2D eigenvalue weighted by Crippen LogP contribution is -2.40. The zero-order chi connectivity index (χ0) is 16.3. The summed E-state index contributed by atoms with van der Waals surface area (Å²) in [6.45, 7) is 2.57. The molecule has 0 aromatic heterocycles. The van der Waals surface area contributed by atoms with Gasteiger partial charge >= 0.3 is 5.97 Å². The molecule has 1 N–H and O–H groups in total. The zero-order valence-electron chi connectivity index (χ0n) is 12.2. The highest BCUT2D eigenvalue weighted by molar-refractivity contribution is 7.89. The van der Waals surface area contributed by atoms with E-state index in [-0.39, 0.29) is 18.0 Å². The van der Waals surface area contributed by atoms with Gasteiger partial charge in [0, 0.05) is 19.2 Å². The number of halogens is 1. The summed E-state index contributed by atoms with van der Waals surface area (Å²) in [5.41, 5.74) is 0. The number of carbonyl (C=O) groups is 1. The van der Waals surface area contributed by atoms with Crippen molar-refractivity contribution in [2.24, 2.45) is 5.92 Å². The predicted molar refractivity (Wildman–Crippen MR) is 81.7 cm³/mol. The Morgan fingerprint density at radius 2 is 2.05 bits per heavy atom. The summed E-state index contributed by atoms with van der Waals surface area (Å²) in [6, 6.07) is 4.33. The van der Waals surface area contributed by atoms with Gasteiger partial charge in [-0.15, -0.1) is 0 Å². The van der Waals surface area contributed by atoms with E-state index in [4.69, 9.17) is 21.4 Å². The van der Waals surface area contributed by atoms with E-state index < -0.39 is 21.9 Å². The van der Waals surface area contributed by atoms with Crippen molar-refractivity contribution in [3.8, 4) is 5.75 Å². The molecular weight excluding hydrogens is 330 g/mol. The van der Waals surface area contributed by atoms with Gasteiger partial charge < -0.3 is 9.84 Å². The van der Waals surface area contributed by atoms with Gasteiger partial charge in [-0.25, -0.2) is 8.42 Å². The average Bonchev–Trinajstić information content (AvgIpc) is 2.49. The summed E-state index contributed by atoms with van der Waals surface area (Å²) in [6.07, 6.45) is 0.640. The van der Waals surface area contributed by atoms with Crippen molar-refractivity contribution in [2.75, 3.05) is 19.7 Å². The largest absolute Gasteiger partial charge is 0.492 e. The van der Waals surface area contributed by atoms with E-state index in [1.807, 2.05) is 0 Å². The van der Waals surface area contributed by atoms with Gasteiger partial charge in [0.2, 0.25) is 10.0 Å². The molecule has 0 amide bonds. The van der Waals surface area contributed by atoms with Gasteiger partial charge in [0.15, 0.2) is 0 Å². The molecule has 1 aromatic rings. The van der Waals surface area contributed by atoms with Gasteiger partial charge in [-0.3, -0.25) is 4.79 Å². The smallest absolute Gasteiger partial charge is 0.306 e. The van der Waals surface area contributed by atoms with Crippen molar-refractivity contribution in [2.45, 2.75) is 24.7 Å². The van der Waals surface area contributed by atoms with Crippen LogP contribution in [-0.2, 0) is 14.8 Å². The average molecular weight is 348 g/mol. The number of nitrogens with zero attached hydrogens (tertiary/aromatic N) is 1. The molecule has 1 saturated heterocycles. The lowest BCUT2D eigenvalue weighted by Gasteiger charge is -2.29. The molecule has 1 aromatic carbocycles. The second-order valence-corrected chi connectivity index (χ2v) is 7.39.